The lowest BCUT2D eigenvalue weighted by Crippen LogP contribution is -2.45. The highest BCUT2D eigenvalue weighted by Crippen LogP contribution is 2.28. The van der Waals surface area contributed by atoms with E-state index in [1.54, 1.807) is 0 Å². The summed E-state index contributed by atoms with van der Waals surface area (Å²) in [5.74, 6) is -0.510. The molecule has 1 aliphatic carbocycles. The van der Waals surface area contributed by atoms with Gasteiger partial charge < -0.3 is 4.84 Å². The van der Waals surface area contributed by atoms with Crippen molar-refractivity contribution in [2.45, 2.75) is 25.4 Å². The Balaban J connectivity index is 1.51. The van der Waals surface area contributed by atoms with Gasteiger partial charge in [-0.05, 0) is 18.4 Å². The molecule has 0 radical (unpaired) electrons. The first kappa shape index (κ1) is 12.7. The molecule has 3 rings (SSSR count). The van der Waals surface area contributed by atoms with E-state index in [1.165, 1.54) is 0 Å². The number of rotatable bonds is 3. The summed E-state index contributed by atoms with van der Waals surface area (Å²) in [5, 5.41) is 3.79. The third-order valence-corrected chi connectivity index (χ3v) is 3.35. The van der Waals surface area contributed by atoms with E-state index in [9.17, 15) is 9.59 Å². The van der Waals surface area contributed by atoms with Crippen LogP contribution in [0.5, 0.6) is 0 Å². The summed E-state index contributed by atoms with van der Waals surface area (Å²) in [6.45, 7) is 0. The summed E-state index contributed by atoms with van der Waals surface area (Å²) in [7, 11) is 0. The topological polar surface area (TPSA) is 79.8 Å². The smallest absolute Gasteiger partial charge is 0.287 e. The Bertz CT molecular complexity index is 552. The van der Waals surface area contributed by atoms with Gasteiger partial charge in [0.1, 0.15) is 0 Å². The molecule has 0 saturated heterocycles. The largest absolute Gasteiger partial charge is 0.387 e. The molecule has 2 amide bonds. The van der Waals surface area contributed by atoms with Crippen LogP contribution in [-0.2, 0) is 14.4 Å². The molecule has 1 aromatic rings. The van der Waals surface area contributed by atoms with E-state index in [2.05, 4.69) is 16.0 Å². The number of hydrazine groups is 1. The van der Waals surface area contributed by atoms with Crippen molar-refractivity contribution in [2.24, 2.45) is 11.1 Å². The lowest BCUT2D eigenvalue weighted by Gasteiger charge is -2.08. The first-order valence-corrected chi connectivity index (χ1v) is 6.62. The van der Waals surface area contributed by atoms with E-state index in [-0.39, 0.29) is 23.6 Å². The summed E-state index contributed by atoms with van der Waals surface area (Å²) < 4.78 is 0. The van der Waals surface area contributed by atoms with Crippen LogP contribution in [0.4, 0.5) is 0 Å². The molecule has 1 atom stereocenters. The maximum Gasteiger partial charge on any atom is 0.287 e. The van der Waals surface area contributed by atoms with Gasteiger partial charge in [-0.15, -0.1) is 0 Å². The highest BCUT2D eigenvalue weighted by Gasteiger charge is 2.31. The zero-order valence-corrected chi connectivity index (χ0v) is 10.8. The highest BCUT2D eigenvalue weighted by atomic mass is 16.6. The van der Waals surface area contributed by atoms with Crippen LogP contribution in [0, 0.1) is 5.92 Å². The van der Waals surface area contributed by atoms with Gasteiger partial charge >= 0.3 is 0 Å². The summed E-state index contributed by atoms with van der Waals surface area (Å²) in [6.07, 6.45) is 1.94. The van der Waals surface area contributed by atoms with Gasteiger partial charge in [-0.2, -0.15) is 0 Å². The summed E-state index contributed by atoms with van der Waals surface area (Å²) in [4.78, 5) is 28.5. The van der Waals surface area contributed by atoms with E-state index < -0.39 is 5.91 Å². The molecule has 6 heteroatoms. The van der Waals surface area contributed by atoms with Crippen molar-refractivity contribution in [3.05, 3.63) is 35.9 Å². The molecule has 6 nitrogen and oxygen atoms in total. The van der Waals surface area contributed by atoms with Gasteiger partial charge in [0.25, 0.3) is 5.91 Å². The number of benzene rings is 1. The SMILES string of the molecule is O=C(NNC(=O)C1CC1)C1=NO[C@H](c2ccccc2)C1. The monoisotopic (exact) mass is 273 g/mol. The van der Waals surface area contributed by atoms with E-state index >= 15 is 0 Å². The fourth-order valence-corrected chi connectivity index (χ4v) is 2.00. The van der Waals surface area contributed by atoms with Crippen LogP contribution < -0.4 is 10.9 Å². The number of nitrogens with zero attached hydrogens (tertiary/aromatic N) is 1. The van der Waals surface area contributed by atoms with Gasteiger partial charge in [-0.1, -0.05) is 35.5 Å². The van der Waals surface area contributed by atoms with Crippen molar-refractivity contribution in [2.75, 3.05) is 0 Å². The summed E-state index contributed by atoms with van der Waals surface area (Å²) in [6, 6.07) is 9.59. The molecule has 1 heterocycles. The molecule has 1 fully saturated rings. The molecule has 0 aromatic heterocycles. The maximum absolute atomic E-state index is 11.8. The lowest BCUT2D eigenvalue weighted by atomic mass is 10.0. The van der Waals surface area contributed by atoms with E-state index in [0.717, 1.165) is 18.4 Å². The molecule has 0 spiro atoms. The van der Waals surface area contributed by atoms with Crippen LogP contribution in [0.25, 0.3) is 0 Å². The maximum atomic E-state index is 11.8. The van der Waals surface area contributed by atoms with E-state index in [1.807, 2.05) is 30.3 Å². The molecular weight excluding hydrogens is 258 g/mol. The van der Waals surface area contributed by atoms with E-state index in [0.29, 0.717) is 6.42 Å². The lowest BCUT2D eigenvalue weighted by molar-refractivity contribution is -0.127. The molecular formula is C14H15N3O3. The fraction of sp³-hybridized carbons (Fsp3) is 0.357. The van der Waals surface area contributed by atoms with Gasteiger partial charge in [0, 0.05) is 12.3 Å². The van der Waals surface area contributed by atoms with Crippen molar-refractivity contribution < 1.29 is 14.4 Å². The van der Waals surface area contributed by atoms with Crippen molar-refractivity contribution >= 4 is 17.5 Å². The molecule has 20 heavy (non-hydrogen) atoms. The minimum atomic E-state index is -0.419. The van der Waals surface area contributed by atoms with Crippen molar-refractivity contribution in [3.63, 3.8) is 0 Å². The average Bonchev–Trinajstić information content (AvgIpc) is 3.22. The van der Waals surface area contributed by atoms with Crippen LogP contribution in [0.1, 0.15) is 30.9 Å². The predicted octanol–water partition coefficient (Wildman–Crippen LogP) is 1.06. The number of hydrogen-bond acceptors (Lipinski definition) is 4. The Morgan fingerprint density at radius 1 is 1.15 bits per heavy atom. The van der Waals surface area contributed by atoms with Crippen LogP contribution in [0.15, 0.2) is 35.5 Å². The number of carbonyl (C=O) groups is 2. The van der Waals surface area contributed by atoms with Gasteiger partial charge in [0.2, 0.25) is 5.91 Å². The Kier molecular flexibility index (Phi) is 3.37. The second-order valence-corrected chi connectivity index (χ2v) is 4.96. The second-order valence-electron chi connectivity index (χ2n) is 4.96. The zero-order chi connectivity index (χ0) is 13.9. The summed E-state index contributed by atoms with van der Waals surface area (Å²) in [5.41, 5.74) is 6.03. The predicted molar refractivity (Wildman–Crippen MR) is 71.3 cm³/mol. The van der Waals surface area contributed by atoms with Gasteiger partial charge in [0.05, 0.1) is 0 Å². The average molecular weight is 273 g/mol. The first-order chi connectivity index (χ1) is 9.74. The van der Waals surface area contributed by atoms with Gasteiger partial charge in [0.15, 0.2) is 11.8 Å². The van der Waals surface area contributed by atoms with Gasteiger partial charge in [-0.25, -0.2) is 0 Å². The van der Waals surface area contributed by atoms with Crippen LogP contribution >= 0.6 is 0 Å². The Labute approximate surface area is 116 Å². The number of carbonyl (C=O) groups excluding carboxylic acids is 2. The third kappa shape index (κ3) is 2.79. The third-order valence-electron chi connectivity index (χ3n) is 3.35. The van der Waals surface area contributed by atoms with Crippen LogP contribution in [-0.4, -0.2) is 17.5 Å². The molecule has 0 bridgehead atoms. The quantitative estimate of drug-likeness (QED) is 0.808. The normalized spacial score (nSPS) is 20.8. The Morgan fingerprint density at radius 2 is 1.90 bits per heavy atom. The van der Waals surface area contributed by atoms with Crippen molar-refractivity contribution in [1.82, 2.24) is 10.9 Å². The molecule has 1 saturated carbocycles. The minimum absolute atomic E-state index is 0.0501. The number of nitrogens with one attached hydrogen (secondary N) is 2. The van der Waals surface area contributed by atoms with E-state index in [4.69, 9.17) is 4.84 Å². The zero-order valence-electron chi connectivity index (χ0n) is 10.8. The standard InChI is InChI=1S/C14H15N3O3/c18-13(10-6-7-10)15-16-14(19)11-8-12(20-17-11)9-4-2-1-3-5-9/h1-5,10,12H,6-8H2,(H,15,18)(H,16,19)/t12-/m0/s1. The van der Waals surface area contributed by atoms with Crippen molar-refractivity contribution in [3.8, 4) is 0 Å². The van der Waals surface area contributed by atoms with Crippen LogP contribution in [0.2, 0.25) is 0 Å². The van der Waals surface area contributed by atoms with Crippen LogP contribution in [0.3, 0.4) is 0 Å². The fourth-order valence-electron chi connectivity index (χ4n) is 2.00. The summed E-state index contributed by atoms with van der Waals surface area (Å²) >= 11 is 0. The number of amides is 2. The molecule has 0 unspecified atom stereocenters. The molecule has 1 aromatic carbocycles. The number of hydrogen-bond donors (Lipinski definition) is 2. The minimum Gasteiger partial charge on any atom is -0.387 e. The Hall–Kier alpha value is -2.37. The second kappa shape index (κ2) is 5.32. The number of oxime groups is 1. The highest BCUT2D eigenvalue weighted by molar-refractivity contribution is 6.39. The van der Waals surface area contributed by atoms with Crippen molar-refractivity contribution in [1.29, 1.82) is 0 Å². The molecule has 2 N–H and O–H groups in total. The molecule has 1 aliphatic heterocycles. The first-order valence-electron chi connectivity index (χ1n) is 6.62. The molecule has 104 valence electrons. The molecule has 2 aliphatic rings. The van der Waals surface area contributed by atoms with Gasteiger partial charge in [-0.3, -0.25) is 20.4 Å². The Morgan fingerprint density at radius 3 is 2.60 bits per heavy atom.